The molecule has 0 bridgehead atoms. The summed E-state index contributed by atoms with van der Waals surface area (Å²) >= 11 is 0. The Balaban J connectivity index is 0.000000563. The summed E-state index contributed by atoms with van der Waals surface area (Å²) in [6.07, 6.45) is 20.1. The maximum absolute atomic E-state index is 9.75. The second-order valence-corrected chi connectivity index (χ2v) is 10.4. The second kappa shape index (κ2) is 15.3. The summed E-state index contributed by atoms with van der Waals surface area (Å²) in [5.74, 6) is 0. The predicted molar refractivity (Wildman–Crippen MR) is 105 cm³/mol. The molecule has 0 aromatic heterocycles. The van der Waals surface area contributed by atoms with E-state index in [0.717, 1.165) is 11.3 Å². The van der Waals surface area contributed by atoms with E-state index in [1.54, 1.807) is 44.4 Å². The van der Waals surface area contributed by atoms with Gasteiger partial charge < -0.3 is 34.5 Å². The normalized spacial score (nSPS) is 20.4. The van der Waals surface area contributed by atoms with E-state index in [0.29, 0.717) is 0 Å². The Bertz CT molecular complexity index is 300. The molecule has 0 N–H and O–H groups in total. The van der Waals surface area contributed by atoms with Gasteiger partial charge in [0.1, 0.15) is 17.2 Å². The molecule has 2 radical (unpaired) electrons. The van der Waals surface area contributed by atoms with Crippen molar-refractivity contribution in [2.45, 2.75) is 81.9 Å². The van der Waals surface area contributed by atoms with Gasteiger partial charge in [0.25, 0.3) is 0 Å². The molecule has 0 amide bonds. The fourth-order valence-electron chi connectivity index (χ4n) is 3.31. The van der Waals surface area contributed by atoms with Gasteiger partial charge in [0.05, 0.1) is 23.6 Å². The summed E-state index contributed by atoms with van der Waals surface area (Å²) in [4.78, 5) is 0. The zero-order valence-electron chi connectivity index (χ0n) is 15.5. The topological polar surface area (TPSA) is 0 Å². The first-order chi connectivity index (χ1) is 12.4. The maximum Gasteiger partial charge on any atom is 0.673 e. The Morgan fingerprint density at radius 2 is 0.778 bits per heavy atom. The van der Waals surface area contributed by atoms with Gasteiger partial charge in [-0.15, -0.1) is 0 Å². The highest BCUT2D eigenvalue weighted by atomic mass is 31.1. The van der Waals surface area contributed by atoms with Crippen LogP contribution in [0.2, 0.25) is 0 Å². The van der Waals surface area contributed by atoms with Gasteiger partial charge in [-0.2, -0.15) is 0 Å². The van der Waals surface area contributed by atoms with Crippen LogP contribution >= 0.6 is 17.2 Å². The van der Waals surface area contributed by atoms with Crippen LogP contribution in [0.1, 0.15) is 70.6 Å². The van der Waals surface area contributed by atoms with Gasteiger partial charge >= 0.3 is 14.5 Å². The Hall–Kier alpha value is 0.430. The van der Waals surface area contributed by atoms with Crippen molar-refractivity contribution in [3.8, 4) is 0 Å². The van der Waals surface area contributed by atoms with Gasteiger partial charge in [-0.3, -0.25) is 0 Å². The first kappa shape index (κ1) is 27.4. The lowest BCUT2D eigenvalue weighted by atomic mass is 10.0. The maximum atomic E-state index is 9.75. The number of halogens is 8. The van der Waals surface area contributed by atoms with Crippen LogP contribution < -0.4 is 0 Å². The predicted octanol–water partition coefficient (Wildman–Crippen LogP) is 8.00. The molecule has 0 aliphatic heterocycles. The van der Waals surface area contributed by atoms with E-state index in [9.17, 15) is 34.5 Å². The van der Waals surface area contributed by atoms with Crippen LogP contribution in [0.25, 0.3) is 0 Å². The Morgan fingerprint density at radius 3 is 1.04 bits per heavy atom. The van der Waals surface area contributed by atoms with Crippen molar-refractivity contribution < 1.29 is 34.5 Å². The molecule has 12 heteroatoms. The average Bonchev–Trinajstić information content (AvgIpc) is 2.53. The molecule has 0 aromatic carbocycles. The third-order valence-corrected chi connectivity index (χ3v) is 8.02. The SMILES string of the molecule is C1CCC([PH+]CCC[PH+]C2CCCCC2)CC1.F[B-](F)(F)F.F[B-](F)(F)F. The highest BCUT2D eigenvalue weighted by Crippen LogP contribution is 2.36. The van der Waals surface area contributed by atoms with Crippen molar-refractivity contribution in [2.24, 2.45) is 0 Å². The molecule has 27 heavy (non-hydrogen) atoms. The molecule has 162 valence electrons. The monoisotopic (exact) mass is 446 g/mol. The van der Waals surface area contributed by atoms with Crippen LogP contribution in [0.4, 0.5) is 34.5 Å². The fraction of sp³-hybridized carbons (Fsp3) is 1.00. The lowest BCUT2D eigenvalue weighted by molar-refractivity contribution is 0.366. The molecule has 2 unspecified atom stereocenters. The lowest BCUT2D eigenvalue weighted by Gasteiger charge is -2.15. The van der Waals surface area contributed by atoms with Gasteiger partial charge in [0.15, 0.2) is 0 Å². The molecule has 2 fully saturated rings. The summed E-state index contributed by atoms with van der Waals surface area (Å²) in [5.41, 5.74) is 2.28. The van der Waals surface area contributed by atoms with E-state index in [1.807, 2.05) is 0 Å². The quantitative estimate of drug-likeness (QED) is 0.168. The minimum Gasteiger partial charge on any atom is -0.418 e. The van der Waals surface area contributed by atoms with Crippen molar-refractivity contribution in [3.63, 3.8) is 0 Å². The van der Waals surface area contributed by atoms with Crippen molar-refractivity contribution >= 4 is 31.7 Å². The van der Waals surface area contributed by atoms with Gasteiger partial charge in [0.2, 0.25) is 0 Å². The largest absolute Gasteiger partial charge is 0.673 e. The Kier molecular flexibility index (Phi) is 15.5. The van der Waals surface area contributed by atoms with Crippen molar-refractivity contribution in [2.75, 3.05) is 12.3 Å². The molecule has 2 atom stereocenters. The molecule has 0 aromatic rings. The number of rotatable bonds is 6. The van der Waals surface area contributed by atoms with Crippen LogP contribution in [0.15, 0.2) is 0 Å². The molecule has 2 saturated carbocycles. The highest BCUT2D eigenvalue weighted by Gasteiger charge is 2.23. The molecule has 2 aliphatic carbocycles. The van der Waals surface area contributed by atoms with Crippen molar-refractivity contribution in [1.82, 2.24) is 0 Å². The Labute approximate surface area is 161 Å². The van der Waals surface area contributed by atoms with E-state index in [4.69, 9.17) is 0 Å². The highest BCUT2D eigenvalue weighted by molar-refractivity contribution is 7.40. The molecule has 0 saturated heterocycles. The fourth-order valence-corrected chi connectivity index (χ4v) is 6.88. The molecular weight excluding hydrogens is 416 g/mol. The number of hydrogen-bond acceptors (Lipinski definition) is 0. The zero-order valence-corrected chi connectivity index (χ0v) is 17.5. The molecule has 2 aliphatic rings. The van der Waals surface area contributed by atoms with E-state index >= 15 is 0 Å². The van der Waals surface area contributed by atoms with Crippen LogP contribution in [0, 0.1) is 0 Å². The van der Waals surface area contributed by atoms with E-state index in [2.05, 4.69) is 0 Å². The van der Waals surface area contributed by atoms with Gasteiger partial charge in [-0.05, 0) is 51.4 Å². The van der Waals surface area contributed by atoms with E-state index in [-0.39, 0.29) is 0 Å². The smallest absolute Gasteiger partial charge is 0.418 e. The molecule has 2 rings (SSSR count). The van der Waals surface area contributed by atoms with Crippen LogP contribution in [-0.2, 0) is 0 Å². The first-order valence-corrected chi connectivity index (χ1v) is 12.2. The van der Waals surface area contributed by atoms with Crippen LogP contribution in [-0.4, -0.2) is 38.2 Å². The average molecular weight is 446 g/mol. The third-order valence-electron chi connectivity index (χ3n) is 4.43. The summed E-state index contributed by atoms with van der Waals surface area (Å²) in [6.45, 7) is 0. The molecule has 0 spiro atoms. The molecular formula is C15H30B2F8P2. The summed E-state index contributed by atoms with van der Waals surface area (Å²) in [7, 11) is -9.39. The Morgan fingerprint density at radius 1 is 0.519 bits per heavy atom. The number of hydrogen-bond donors (Lipinski definition) is 0. The van der Waals surface area contributed by atoms with Gasteiger partial charge in [-0.1, -0.05) is 12.8 Å². The second-order valence-electron chi connectivity index (χ2n) is 6.92. The first-order valence-electron chi connectivity index (χ1n) is 9.66. The van der Waals surface area contributed by atoms with Gasteiger partial charge in [0, 0.05) is 6.42 Å². The standard InChI is InChI=1S/C15H30P2.2BF4/c1-3-8-14(9-4-1)16-12-7-13-17-15-10-5-2-6-11-15;2*2-1(3,4)5/h14-17H,1-13H2;;/q+2;2*-1. The third kappa shape index (κ3) is 26.4. The molecule has 0 heterocycles. The van der Waals surface area contributed by atoms with Crippen molar-refractivity contribution in [1.29, 1.82) is 0 Å². The summed E-state index contributed by atoms with van der Waals surface area (Å²) < 4.78 is 78.0. The summed E-state index contributed by atoms with van der Waals surface area (Å²) in [6, 6.07) is 0. The summed E-state index contributed by atoms with van der Waals surface area (Å²) in [5, 5.41) is 0. The van der Waals surface area contributed by atoms with E-state index in [1.165, 1.54) is 55.7 Å². The zero-order chi connectivity index (χ0) is 20.8. The minimum atomic E-state index is -6.00. The van der Waals surface area contributed by atoms with Crippen molar-refractivity contribution in [3.05, 3.63) is 0 Å². The van der Waals surface area contributed by atoms with Gasteiger partial charge in [-0.25, -0.2) is 0 Å². The lowest BCUT2D eigenvalue weighted by Crippen LogP contribution is -2.08. The molecule has 0 nitrogen and oxygen atoms in total. The van der Waals surface area contributed by atoms with Crippen LogP contribution in [0.3, 0.4) is 0 Å². The van der Waals surface area contributed by atoms with Crippen LogP contribution in [0.5, 0.6) is 0 Å². The minimum absolute atomic E-state index is 1.14. The van der Waals surface area contributed by atoms with E-state index < -0.39 is 14.5 Å².